The van der Waals surface area contributed by atoms with Gasteiger partial charge in [-0.15, -0.1) is 10.2 Å². The zero-order valence-electron chi connectivity index (χ0n) is 10.1. The number of hydrogen-bond acceptors (Lipinski definition) is 5. The van der Waals surface area contributed by atoms with Crippen molar-refractivity contribution in [3.63, 3.8) is 0 Å². The van der Waals surface area contributed by atoms with Gasteiger partial charge >= 0.3 is 0 Å². The molecule has 1 unspecified atom stereocenters. The molecule has 1 atom stereocenters. The van der Waals surface area contributed by atoms with Crippen LogP contribution in [-0.4, -0.2) is 28.4 Å². The Kier molecular flexibility index (Phi) is 4.04. The molecule has 17 heavy (non-hydrogen) atoms. The quantitative estimate of drug-likeness (QED) is 0.852. The van der Waals surface area contributed by atoms with Crippen molar-refractivity contribution in [3.05, 3.63) is 5.01 Å². The van der Waals surface area contributed by atoms with Gasteiger partial charge < -0.3 is 0 Å². The highest BCUT2D eigenvalue weighted by atomic mass is 32.1. The second-order valence-electron chi connectivity index (χ2n) is 4.83. The van der Waals surface area contributed by atoms with E-state index < -0.39 is 0 Å². The zero-order valence-corrected chi connectivity index (χ0v) is 11.8. The maximum Gasteiger partial charge on any atom is 0.229 e. The van der Waals surface area contributed by atoms with Crippen LogP contribution in [0, 0.1) is 11.8 Å². The summed E-state index contributed by atoms with van der Waals surface area (Å²) in [6.07, 6.45) is 1.51. The molecule has 0 saturated carbocycles. The molecule has 1 saturated heterocycles. The lowest BCUT2D eigenvalue weighted by Crippen LogP contribution is -2.24. The summed E-state index contributed by atoms with van der Waals surface area (Å²) in [5, 5.41) is 10.0. The van der Waals surface area contributed by atoms with E-state index in [9.17, 15) is 4.79 Å². The molecule has 2 rings (SSSR count). The second-order valence-corrected chi connectivity index (χ2v) is 6.24. The highest BCUT2D eigenvalue weighted by Gasteiger charge is 2.31. The third-order valence-electron chi connectivity index (χ3n) is 2.73. The Labute approximate surface area is 111 Å². The fourth-order valence-electron chi connectivity index (χ4n) is 1.87. The zero-order chi connectivity index (χ0) is 12.4. The molecule has 0 radical (unpaired) electrons. The molecule has 1 aliphatic rings. The van der Waals surface area contributed by atoms with Crippen LogP contribution < -0.4 is 4.90 Å². The van der Waals surface area contributed by atoms with Crippen molar-refractivity contribution in [3.8, 4) is 0 Å². The van der Waals surface area contributed by atoms with Crippen molar-refractivity contribution < 1.29 is 4.79 Å². The van der Waals surface area contributed by atoms with E-state index in [0.29, 0.717) is 18.3 Å². The van der Waals surface area contributed by atoms with Gasteiger partial charge in [0, 0.05) is 19.4 Å². The van der Waals surface area contributed by atoms with E-state index in [4.69, 9.17) is 0 Å². The number of carbonyl (C=O) groups is 1. The Morgan fingerprint density at radius 3 is 2.88 bits per heavy atom. The third kappa shape index (κ3) is 2.98. The van der Waals surface area contributed by atoms with Crippen LogP contribution in [0.15, 0.2) is 0 Å². The average Bonchev–Trinajstić information content (AvgIpc) is 2.83. The summed E-state index contributed by atoms with van der Waals surface area (Å²) in [6.45, 7) is 5.04. The number of thiol groups is 1. The lowest BCUT2D eigenvalue weighted by Gasteiger charge is -2.10. The maximum absolute atomic E-state index is 11.8. The summed E-state index contributed by atoms with van der Waals surface area (Å²) in [4.78, 5) is 13.6. The van der Waals surface area contributed by atoms with Crippen molar-refractivity contribution in [2.45, 2.75) is 26.7 Å². The predicted molar refractivity (Wildman–Crippen MR) is 72.8 cm³/mol. The number of aromatic nitrogens is 2. The molecule has 0 aliphatic carbocycles. The SMILES string of the molecule is CC(C)Cc1nnc(N2CC(CS)CC2=O)s1. The molecule has 0 N–H and O–H groups in total. The molecule has 6 heteroatoms. The molecule has 94 valence electrons. The largest absolute Gasteiger partial charge is 0.286 e. The smallest absolute Gasteiger partial charge is 0.229 e. The molecule has 0 spiro atoms. The average molecular weight is 271 g/mol. The van der Waals surface area contributed by atoms with Gasteiger partial charge in [0.25, 0.3) is 0 Å². The van der Waals surface area contributed by atoms with Gasteiger partial charge in [-0.3, -0.25) is 9.69 Å². The lowest BCUT2D eigenvalue weighted by atomic mass is 10.1. The van der Waals surface area contributed by atoms with Crippen molar-refractivity contribution in [2.75, 3.05) is 17.2 Å². The molecule has 0 aromatic carbocycles. The van der Waals surface area contributed by atoms with Gasteiger partial charge in [-0.1, -0.05) is 25.2 Å². The molecule has 0 bridgehead atoms. The van der Waals surface area contributed by atoms with Crippen LogP contribution in [0.5, 0.6) is 0 Å². The van der Waals surface area contributed by atoms with Gasteiger partial charge in [-0.05, 0) is 17.6 Å². The van der Waals surface area contributed by atoms with Gasteiger partial charge in [0.1, 0.15) is 5.01 Å². The van der Waals surface area contributed by atoms with Crippen LogP contribution in [0.3, 0.4) is 0 Å². The minimum Gasteiger partial charge on any atom is -0.286 e. The Hall–Kier alpha value is -0.620. The van der Waals surface area contributed by atoms with Crippen LogP contribution in [0.25, 0.3) is 0 Å². The second kappa shape index (κ2) is 5.35. The van der Waals surface area contributed by atoms with E-state index in [-0.39, 0.29) is 5.91 Å². The minimum absolute atomic E-state index is 0.149. The first kappa shape index (κ1) is 12.8. The topological polar surface area (TPSA) is 46.1 Å². The van der Waals surface area contributed by atoms with Gasteiger partial charge in [0.05, 0.1) is 0 Å². The van der Waals surface area contributed by atoms with Crippen LogP contribution >= 0.6 is 24.0 Å². The number of carbonyl (C=O) groups excluding carboxylic acids is 1. The minimum atomic E-state index is 0.149. The normalized spacial score (nSPS) is 20.6. The Bertz CT molecular complexity index is 405. The molecule has 1 aliphatic heterocycles. The molecule has 1 aromatic rings. The third-order valence-corrected chi connectivity index (χ3v) is 4.22. The fourth-order valence-corrected chi connectivity index (χ4v) is 3.20. The van der Waals surface area contributed by atoms with Crippen LogP contribution in [0.2, 0.25) is 0 Å². The molecule has 1 aromatic heterocycles. The molecule has 2 heterocycles. The van der Waals surface area contributed by atoms with E-state index in [1.54, 1.807) is 4.90 Å². The van der Waals surface area contributed by atoms with Crippen molar-refractivity contribution >= 4 is 35.0 Å². The van der Waals surface area contributed by atoms with Crippen LogP contribution in [-0.2, 0) is 11.2 Å². The monoisotopic (exact) mass is 271 g/mol. The summed E-state index contributed by atoms with van der Waals surface area (Å²) in [5.74, 6) is 1.81. The summed E-state index contributed by atoms with van der Waals surface area (Å²) in [6, 6.07) is 0. The molecule has 4 nitrogen and oxygen atoms in total. The Morgan fingerprint density at radius 2 is 2.29 bits per heavy atom. The van der Waals surface area contributed by atoms with E-state index in [2.05, 4.69) is 36.7 Å². The van der Waals surface area contributed by atoms with Gasteiger partial charge in [-0.2, -0.15) is 12.6 Å². The number of amides is 1. The first-order chi connectivity index (χ1) is 8.10. The summed E-state index contributed by atoms with van der Waals surface area (Å²) in [5.41, 5.74) is 0. The molecular weight excluding hydrogens is 254 g/mol. The van der Waals surface area contributed by atoms with E-state index in [0.717, 1.165) is 28.9 Å². The van der Waals surface area contributed by atoms with Crippen molar-refractivity contribution in [2.24, 2.45) is 11.8 Å². The van der Waals surface area contributed by atoms with Gasteiger partial charge in [0.15, 0.2) is 0 Å². The first-order valence-corrected chi connectivity index (χ1v) is 7.28. The molecule has 1 amide bonds. The molecular formula is C11H17N3OS2. The maximum atomic E-state index is 11.8. The summed E-state index contributed by atoms with van der Waals surface area (Å²) >= 11 is 5.78. The summed E-state index contributed by atoms with van der Waals surface area (Å²) < 4.78 is 0. The Balaban J connectivity index is 2.07. The standard InChI is InChI=1S/C11H17N3OS2/c1-7(2)3-9-12-13-11(17-9)14-5-8(6-16)4-10(14)15/h7-8,16H,3-6H2,1-2H3. The lowest BCUT2D eigenvalue weighted by molar-refractivity contribution is -0.117. The summed E-state index contributed by atoms with van der Waals surface area (Å²) in [7, 11) is 0. The highest BCUT2D eigenvalue weighted by molar-refractivity contribution is 7.80. The van der Waals surface area contributed by atoms with E-state index >= 15 is 0 Å². The van der Waals surface area contributed by atoms with Crippen LogP contribution in [0.4, 0.5) is 5.13 Å². The van der Waals surface area contributed by atoms with Crippen molar-refractivity contribution in [1.29, 1.82) is 0 Å². The first-order valence-electron chi connectivity index (χ1n) is 5.83. The van der Waals surface area contributed by atoms with Gasteiger partial charge in [-0.25, -0.2) is 0 Å². The fraction of sp³-hybridized carbons (Fsp3) is 0.727. The number of hydrogen-bond donors (Lipinski definition) is 1. The van der Waals surface area contributed by atoms with Crippen molar-refractivity contribution in [1.82, 2.24) is 10.2 Å². The highest BCUT2D eigenvalue weighted by Crippen LogP contribution is 2.28. The number of anilines is 1. The van der Waals surface area contributed by atoms with Crippen LogP contribution in [0.1, 0.15) is 25.3 Å². The number of rotatable bonds is 4. The predicted octanol–water partition coefficient (Wildman–Crippen LogP) is 2.02. The van der Waals surface area contributed by atoms with E-state index in [1.807, 2.05) is 0 Å². The van der Waals surface area contributed by atoms with E-state index in [1.165, 1.54) is 11.3 Å². The molecule has 1 fully saturated rings. The Morgan fingerprint density at radius 1 is 1.53 bits per heavy atom. The van der Waals surface area contributed by atoms with Gasteiger partial charge in [0.2, 0.25) is 11.0 Å². The number of nitrogens with zero attached hydrogens (tertiary/aromatic N) is 3.